The molecule has 1 aromatic rings. The number of aliphatic carboxylic acids is 1. The molecule has 3 nitrogen and oxygen atoms in total. The second kappa shape index (κ2) is 6.62. The summed E-state index contributed by atoms with van der Waals surface area (Å²) in [7, 11) is 0. The van der Waals surface area contributed by atoms with Gasteiger partial charge >= 0.3 is 5.97 Å². The number of benzene rings is 1. The van der Waals surface area contributed by atoms with Crippen molar-refractivity contribution < 1.29 is 9.90 Å². The number of carboxylic acid groups (broad SMARTS) is 1. The van der Waals surface area contributed by atoms with E-state index in [4.69, 9.17) is 22.4 Å². The van der Waals surface area contributed by atoms with Gasteiger partial charge in [-0.1, -0.05) is 37.1 Å². The standard InChI is InChI=1S/C13H18ClNO2/c1-2-10(12(15)8-13(16)17)6-9-4-3-5-11(14)7-9/h3-5,7,10,12H,2,6,8,15H2,1H3,(H,16,17). The fourth-order valence-corrected chi connectivity index (χ4v) is 2.15. The van der Waals surface area contributed by atoms with Gasteiger partial charge in [0.05, 0.1) is 6.42 Å². The monoisotopic (exact) mass is 255 g/mol. The Morgan fingerprint density at radius 1 is 1.53 bits per heavy atom. The lowest BCUT2D eigenvalue weighted by molar-refractivity contribution is -0.137. The fraction of sp³-hybridized carbons (Fsp3) is 0.462. The van der Waals surface area contributed by atoms with Crippen LogP contribution < -0.4 is 5.73 Å². The number of carbonyl (C=O) groups is 1. The van der Waals surface area contributed by atoms with Crippen molar-refractivity contribution in [2.45, 2.75) is 32.2 Å². The zero-order valence-corrected chi connectivity index (χ0v) is 10.7. The SMILES string of the molecule is CCC(Cc1cccc(Cl)c1)C(N)CC(=O)O. The number of hydrogen-bond acceptors (Lipinski definition) is 2. The molecule has 3 N–H and O–H groups in total. The van der Waals surface area contributed by atoms with Crippen LogP contribution in [-0.2, 0) is 11.2 Å². The third kappa shape index (κ3) is 4.75. The summed E-state index contributed by atoms with van der Waals surface area (Å²) in [5, 5.41) is 9.44. The zero-order chi connectivity index (χ0) is 12.8. The van der Waals surface area contributed by atoms with Crippen LogP contribution in [0.15, 0.2) is 24.3 Å². The summed E-state index contributed by atoms with van der Waals surface area (Å²) in [6.07, 6.45) is 1.64. The molecular formula is C13H18ClNO2. The van der Waals surface area contributed by atoms with Crippen LogP contribution in [0.1, 0.15) is 25.3 Å². The highest BCUT2D eigenvalue weighted by Gasteiger charge is 2.19. The van der Waals surface area contributed by atoms with Crippen molar-refractivity contribution in [3.63, 3.8) is 0 Å². The maximum atomic E-state index is 10.6. The van der Waals surface area contributed by atoms with Gasteiger partial charge in [-0.2, -0.15) is 0 Å². The highest BCUT2D eigenvalue weighted by molar-refractivity contribution is 6.30. The maximum Gasteiger partial charge on any atom is 0.304 e. The molecule has 0 saturated heterocycles. The molecule has 0 saturated carbocycles. The molecule has 2 atom stereocenters. The van der Waals surface area contributed by atoms with Crippen LogP contribution in [-0.4, -0.2) is 17.1 Å². The lowest BCUT2D eigenvalue weighted by Gasteiger charge is -2.21. The highest BCUT2D eigenvalue weighted by atomic mass is 35.5. The lowest BCUT2D eigenvalue weighted by Crippen LogP contribution is -2.33. The van der Waals surface area contributed by atoms with Gasteiger partial charge in [0.25, 0.3) is 0 Å². The van der Waals surface area contributed by atoms with Gasteiger partial charge in [-0.3, -0.25) is 4.79 Å². The molecule has 0 aliphatic carbocycles. The predicted molar refractivity (Wildman–Crippen MR) is 69.2 cm³/mol. The summed E-state index contributed by atoms with van der Waals surface area (Å²) in [6, 6.07) is 7.30. The average molecular weight is 256 g/mol. The molecule has 17 heavy (non-hydrogen) atoms. The Hall–Kier alpha value is -1.06. The molecule has 2 unspecified atom stereocenters. The Balaban J connectivity index is 2.66. The van der Waals surface area contributed by atoms with E-state index in [1.165, 1.54) is 0 Å². The van der Waals surface area contributed by atoms with Crippen molar-refractivity contribution in [1.82, 2.24) is 0 Å². The van der Waals surface area contributed by atoms with Crippen LogP contribution >= 0.6 is 11.6 Å². The molecule has 0 fully saturated rings. The van der Waals surface area contributed by atoms with E-state index in [9.17, 15) is 4.79 Å². The van der Waals surface area contributed by atoms with Gasteiger partial charge in [0.2, 0.25) is 0 Å². The zero-order valence-electron chi connectivity index (χ0n) is 9.90. The topological polar surface area (TPSA) is 63.3 Å². The van der Waals surface area contributed by atoms with E-state index in [0.29, 0.717) is 5.02 Å². The molecule has 0 bridgehead atoms. The molecule has 1 rings (SSSR count). The summed E-state index contributed by atoms with van der Waals surface area (Å²) in [6.45, 7) is 2.02. The van der Waals surface area contributed by atoms with Crippen LogP contribution in [0.4, 0.5) is 0 Å². The van der Waals surface area contributed by atoms with Crippen molar-refractivity contribution in [2.75, 3.05) is 0 Å². The van der Waals surface area contributed by atoms with Gasteiger partial charge in [0, 0.05) is 11.1 Å². The van der Waals surface area contributed by atoms with E-state index in [0.717, 1.165) is 18.4 Å². The van der Waals surface area contributed by atoms with E-state index in [-0.39, 0.29) is 18.4 Å². The number of halogens is 1. The number of rotatable bonds is 6. The smallest absolute Gasteiger partial charge is 0.304 e. The van der Waals surface area contributed by atoms with E-state index >= 15 is 0 Å². The summed E-state index contributed by atoms with van der Waals surface area (Å²) < 4.78 is 0. The minimum atomic E-state index is -0.845. The highest BCUT2D eigenvalue weighted by Crippen LogP contribution is 2.19. The molecule has 1 aromatic carbocycles. The fourth-order valence-electron chi connectivity index (χ4n) is 1.93. The van der Waals surface area contributed by atoms with Crippen molar-refractivity contribution in [2.24, 2.45) is 11.7 Å². The van der Waals surface area contributed by atoms with Gasteiger partial charge < -0.3 is 10.8 Å². The summed E-state index contributed by atoms with van der Waals surface area (Å²) in [5.41, 5.74) is 7.00. The van der Waals surface area contributed by atoms with Gasteiger partial charge in [-0.15, -0.1) is 0 Å². The van der Waals surface area contributed by atoms with Crippen LogP contribution in [0.2, 0.25) is 5.02 Å². The van der Waals surface area contributed by atoms with E-state index < -0.39 is 5.97 Å². The van der Waals surface area contributed by atoms with Crippen LogP contribution in [0, 0.1) is 5.92 Å². The van der Waals surface area contributed by atoms with Crippen LogP contribution in [0.3, 0.4) is 0 Å². The first-order valence-electron chi connectivity index (χ1n) is 5.74. The van der Waals surface area contributed by atoms with E-state index in [1.54, 1.807) is 0 Å². The normalized spacial score (nSPS) is 14.3. The first-order chi connectivity index (χ1) is 8.02. The van der Waals surface area contributed by atoms with Gasteiger partial charge in [-0.05, 0) is 30.0 Å². The number of carboxylic acids is 1. The molecule has 0 spiro atoms. The summed E-state index contributed by atoms with van der Waals surface area (Å²) in [5.74, 6) is -0.674. The molecule has 0 amide bonds. The second-order valence-electron chi connectivity index (χ2n) is 4.26. The molecule has 4 heteroatoms. The minimum absolute atomic E-state index is 0.0130. The summed E-state index contributed by atoms with van der Waals surface area (Å²) in [4.78, 5) is 10.6. The number of hydrogen-bond donors (Lipinski definition) is 2. The van der Waals surface area contributed by atoms with Crippen molar-refractivity contribution in [1.29, 1.82) is 0 Å². The predicted octanol–water partition coefficient (Wildman–Crippen LogP) is 2.71. The van der Waals surface area contributed by atoms with Gasteiger partial charge in [0.1, 0.15) is 0 Å². The Bertz CT molecular complexity index is 381. The van der Waals surface area contributed by atoms with Crippen molar-refractivity contribution >= 4 is 17.6 Å². The van der Waals surface area contributed by atoms with Crippen molar-refractivity contribution in [3.8, 4) is 0 Å². The Kier molecular flexibility index (Phi) is 5.45. The Morgan fingerprint density at radius 3 is 2.76 bits per heavy atom. The molecule has 0 aliphatic rings. The van der Waals surface area contributed by atoms with E-state index in [1.807, 2.05) is 31.2 Å². The summed E-state index contributed by atoms with van der Waals surface area (Å²) >= 11 is 5.91. The van der Waals surface area contributed by atoms with E-state index in [2.05, 4.69) is 0 Å². The molecule has 94 valence electrons. The Labute approximate surface area is 107 Å². The van der Waals surface area contributed by atoms with Crippen LogP contribution in [0.25, 0.3) is 0 Å². The first-order valence-corrected chi connectivity index (χ1v) is 6.12. The number of nitrogens with two attached hydrogens (primary N) is 1. The van der Waals surface area contributed by atoms with Gasteiger partial charge in [0.15, 0.2) is 0 Å². The largest absolute Gasteiger partial charge is 0.481 e. The molecule has 0 radical (unpaired) electrons. The quantitative estimate of drug-likeness (QED) is 0.822. The molecular weight excluding hydrogens is 238 g/mol. The van der Waals surface area contributed by atoms with Gasteiger partial charge in [-0.25, -0.2) is 0 Å². The molecule has 0 heterocycles. The van der Waals surface area contributed by atoms with Crippen LogP contribution in [0.5, 0.6) is 0 Å². The first kappa shape index (κ1) is 14.0. The Morgan fingerprint density at radius 2 is 2.24 bits per heavy atom. The minimum Gasteiger partial charge on any atom is -0.481 e. The average Bonchev–Trinajstić information content (AvgIpc) is 2.24. The maximum absolute atomic E-state index is 10.6. The third-order valence-corrected chi connectivity index (χ3v) is 3.16. The molecule has 0 aromatic heterocycles. The molecule has 0 aliphatic heterocycles. The second-order valence-corrected chi connectivity index (χ2v) is 4.70. The van der Waals surface area contributed by atoms with Crippen molar-refractivity contribution in [3.05, 3.63) is 34.9 Å². The third-order valence-electron chi connectivity index (χ3n) is 2.93. The lowest BCUT2D eigenvalue weighted by atomic mass is 9.89.